The fourth-order valence-electron chi connectivity index (χ4n) is 7.99. The summed E-state index contributed by atoms with van der Waals surface area (Å²) in [4.78, 5) is 24.0. The number of non-ortho nitro benzene ring substituents is 1. The van der Waals surface area contributed by atoms with Crippen molar-refractivity contribution in [2.24, 2.45) is 34.5 Å². The number of hydrogen-bond acceptors (Lipinski definition) is 3. The van der Waals surface area contributed by atoms with Crippen LogP contribution in [-0.4, -0.2) is 10.7 Å². The summed E-state index contributed by atoms with van der Waals surface area (Å²) in [6, 6.07) is 6.59. The van der Waals surface area contributed by atoms with E-state index in [1.165, 1.54) is 57.1 Å². The predicted octanol–water partition coefficient (Wildman–Crippen LogP) is 6.59. The molecule has 0 N–H and O–H groups in total. The zero-order valence-electron chi connectivity index (χ0n) is 18.2. The van der Waals surface area contributed by atoms with Crippen molar-refractivity contribution in [1.29, 1.82) is 0 Å². The summed E-state index contributed by atoms with van der Waals surface area (Å²) in [6.07, 6.45) is 13.3. The van der Waals surface area contributed by atoms with Crippen LogP contribution >= 0.6 is 0 Å². The van der Waals surface area contributed by atoms with Crippen LogP contribution in [0, 0.1) is 44.6 Å². The van der Waals surface area contributed by atoms with Crippen LogP contribution in [0.2, 0.25) is 0 Å². The van der Waals surface area contributed by atoms with E-state index in [0.29, 0.717) is 23.0 Å². The van der Waals surface area contributed by atoms with Crippen LogP contribution in [0.4, 0.5) is 5.69 Å². The molecule has 0 aromatic heterocycles. The number of nitro groups is 1. The first-order valence-corrected chi connectivity index (χ1v) is 11.8. The molecule has 1 aromatic rings. The third-order valence-electron chi connectivity index (χ3n) is 9.67. The number of nitrogens with zero attached hydrogens (tertiary/aromatic N) is 1. The summed E-state index contributed by atoms with van der Waals surface area (Å²) in [5, 5.41) is 10.9. The normalized spacial score (nSPS) is 41.8. The molecule has 30 heavy (non-hydrogen) atoms. The Morgan fingerprint density at radius 2 is 1.77 bits per heavy atom. The molecular weight excluding hydrogens is 374 g/mol. The minimum atomic E-state index is -0.379. The van der Waals surface area contributed by atoms with Gasteiger partial charge in [-0.25, -0.2) is 0 Å². The molecule has 6 atom stereocenters. The molecule has 160 valence electrons. The SMILES string of the molecule is C[C@]12CCCC[C@@H]1CC[C@@H]1[C@H]2CC[C@]2(C)C(=O)/C(=C/c3ccc([N+](=O)[O-])cc3)C[C@@H]12. The average molecular weight is 408 g/mol. The number of nitro benzene ring substituents is 1. The van der Waals surface area contributed by atoms with Gasteiger partial charge in [-0.15, -0.1) is 0 Å². The first kappa shape index (κ1) is 20.0. The van der Waals surface area contributed by atoms with Crippen LogP contribution in [0.3, 0.4) is 0 Å². The Kier molecular flexibility index (Phi) is 4.68. The van der Waals surface area contributed by atoms with E-state index < -0.39 is 0 Å². The Morgan fingerprint density at radius 1 is 1.00 bits per heavy atom. The van der Waals surface area contributed by atoms with Crippen molar-refractivity contribution in [3.8, 4) is 0 Å². The zero-order valence-corrected chi connectivity index (χ0v) is 18.2. The number of carbonyl (C=O) groups is 1. The maximum atomic E-state index is 13.5. The third kappa shape index (κ3) is 2.90. The van der Waals surface area contributed by atoms with Gasteiger partial charge in [-0.05, 0) is 103 Å². The van der Waals surface area contributed by atoms with E-state index in [1.807, 2.05) is 6.08 Å². The molecule has 4 fully saturated rings. The van der Waals surface area contributed by atoms with Crippen LogP contribution in [-0.2, 0) is 4.79 Å². The Bertz CT molecular complexity index is 903. The molecule has 0 saturated heterocycles. The molecule has 5 rings (SSSR count). The van der Waals surface area contributed by atoms with Gasteiger partial charge >= 0.3 is 0 Å². The van der Waals surface area contributed by atoms with Crippen molar-refractivity contribution >= 4 is 17.5 Å². The smallest absolute Gasteiger partial charge is 0.269 e. The molecule has 0 radical (unpaired) electrons. The highest BCUT2D eigenvalue weighted by Gasteiger charge is 2.60. The van der Waals surface area contributed by atoms with Gasteiger partial charge in [-0.3, -0.25) is 14.9 Å². The summed E-state index contributed by atoms with van der Waals surface area (Å²) < 4.78 is 0. The molecule has 4 heteroatoms. The van der Waals surface area contributed by atoms with Crippen molar-refractivity contribution < 1.29 is 9.72 Å². The second-order valence-corrected chi connectivity index (χ2v) is 10.9. The fourth-order valence-corrected chi connectivity index (χ4v) is 7.99. The van der Waals surface area contributed by atoms with E-state index in [2.05, 4.69) is 13.8 Å². The lowest BCUT2D eigenvalue weighted by Gasteiger charge is -2.59. The lowest BCUT2D eigenvalue weighted by atomic mass is 9.45. The number of benzene rings is 1. The summed E-state index contributed by atoms with van der Waals surface area (Å²) in [5.41, 5.74) is 2.19. The predicted molar refractivity (Wildman–Crippen MR) is 118 cm³/mol. The van der Waals surface area contributed by atoms with Crippen molar-refractivity contribution in [3.63, 3.8) is 0 Å². The van der Waals surface area contributed by atoms with E-state index in [-0.39, 0.29) is 16.0 Å². The van der Waals surface area contributed by atoms with E-state index in [1.54, 1.807) is 12.1 Å². The minimum absolute atomic E-state index is 0.0934. The summed E-state index contributed by atoms with van der Waals surface area (Å²) >= 11 is 0. The maximum Gasteiger partial charge on any atom is 0.269 e. The molecule has 4 aliphatic carbocycles. The van der Waals surface area contributed by atoms with Gasteiger partial charge in [0.15, 0.2) is 5.78 Å². The van der Waals surface area contributed by atoms with Gasteiger partial charge in [-0.2, -0.15) is 0 Å². The molecular formula is C26H33NO3. The fraction of sp³-hybridized carbons (Fsp3) is 0.654. The van der Waals surface area contributed by atoms with Gasteiger partial charge in [0.25, 0.3) is 5.69 Å². The van der Waals surface area contributed by atoms with Gasteiger partial charge in [0.05, 0.1) is 4.92 Å². The van der Waals surface area contributed by atoms with Crippen LogP contribution in [0.1, 0.15) is 77.2 Å². The molecule has 0 aliphatic heterocycles. The van der Waals surface area contributed by atoms with Gasteiger partial charge in [0, 0.05) is 17.5 Å². The Morgan fingerprint density at radius 3 is 2.50 bits per heavy atom. The summed E-state index contributed by atoms with van der Waals surface area (Å²) in [5.74, 6) is 3.15. The third-order valence-corrected chi connectivity index (χ3v) is 9.67. The van der Waals surface area contributed by atoms with Gasteiger partial charge in [0.1, 0.15) is 0 Å². The van der Waals surface area contributed by atoms with Crippen molar-refractivity contribution in [2.45, 2.75) is 71.6 Å². The Hall–Kier alpha value is -1.97. The Balaban J connectivity index is 1.43. The second kappa shape index (κ2) is 7.03. The van der Waals surface area contributed by atoms with Gasteiger partial charge in [-0.1, -0.05) is 26.7 Å². The Labute approximate surface area is 179 Å². The standard InChI is InChI=1S/C26H33NO3/c1-25-13-4-3-5-19(25)8-11-21-22(25)12-14-26(2)23(21)16-18(24(26)28)15-17-6-9-20(10-7-17)27(29)30/h6-7,9-10,15,19,21-23H,3-5,8,11-14,16H2,1-2H3/b18-15+/t19-,21-,22-,23+,25+,26+/m1/s1. The lowest BCUT2D eigenvalue weighted by Crippen LogP contribution is -2.52. The molecule has 4 aliphatic rings. The van der Waals surface area contributed by atoms with Gasteiger partial charge < -0.3 is 0 Å². The number of hydrogen-bond donors (Lipinski definition) is 0. The molecule has 0 spiro atoms. The van der Waals surface area contributed by atoms with E-state index >= 15 is 0 Å². The molecule has 0 heterocycles. The van der Waals surface area contributed by atoms with E-state index in [9.17, 15) is 14.9 Å². The molecule has 4 nitrogen and oxygen atoms in total. The van der Waals surface area contributed by atoms with Crippen LogP contribution in [0.15, 0.2) is 29.8 Å². The van der Waals surface area contributed by atoms with Crippen LogP contribution in [0.25, 0.3) is 6.08 Å². The number of rotatable bonds is 2. The molecule has 0 amide bonds. The molecule has 1 aromatic carbocycles. The zero-order chi connectivity index (χ0) is 21.1. The first-order valence-electron chi connectivity index (χ1n) is 11.8. The highest BCUT2D eigenvalue weighted by atomic mass is 16.6. The van der Waals surface area contributed by atoms with Crippen molar-refractivity contribution in [1.82, 2.24) is 0 Å². The summed E-state index contributed by atoms with van der Waals surface area (Å²) in [6.45, 7) is 4.79. The topological polar surface area (TPSA) is 60.2 Å². The number of ketones is 1. The van der Waals surface area contributed by atoms with E-state index in [4.69, 9.17) is 0 Å². The highest BCUT2D eigenvalue weighted by molar-refractivity contribution is 6.05. The monoisotopic (exact) mass is 407 g/mol. The minimum Gasteiger partial charge on any atom is -0.294 e. The van der Waals surface area contributed by atoms with Crippen LogP contribution < -0.4 is 0 Å². The second-order valence-electron chi connectivity index (χ2n) is 10.9. The maximum absolute atomic E-state index is 13.5. The molecule has 0 unspecified atom stereocenters. The molecule has 0 bridgehead atoms. The first-order chi connectivity index (χ1) is 14.3. The number of fused-ring (bicyclic) bond motifs is 5. The van der Waals surface area contributed by atoms with Crippen LogP contribution in [0.5, 0.6) is 0 Å². The number of allylic oxidation sites excluding steroid dienone is 1. The summed E-state index contributed by atoms with van der Waals surface area (Å²) in [7, 11) is 0. The van der Waals surface area contributed by atoms with E-state index in [0.717, 1.165) is 35.8 Å². The quantitative estimate of drug-likeness (QED) is 0.316. The number of carbonyl (C=O) groups excluding carboxylic acids is 1. The van der Waals surface area contributed by atoms with Crippen molar-refractivity contribution in [3.05, 3.63) is 45.5 Å². The van der Waals surface area contributed by atoms with Crippen molar-refractivity contribution in [2.75, 3.05) is 0 Å². The number of Topliss-reactive ketones (excluding diaryl/α,β-unsaturated/α-hetero) is 1. The highest BCUT2D eigenvalue weighted by Crippen LogP contribution is 2.66. The molecule has 4 saturated carbocycles. The average Bonchev–Trinajstić information content (AvgIpc) is 2.98. The lowest BCUT2D eigenvalue weighted by molar-refractivity contribution is -0.384. The largest absolute Gasteiger partial charge is 0.294 e. The van der Waals surface area contributed by atoms with Gasteiger partial charge in [0.2, 0.25) is 0 Å².